The van der Waals surface area contributed by atoms with Gasteiger partial charge in [-0.3, -0.25) is 9.89 Å². The number of methoxy groups -OCH3 is 1. The minimum absolute atomic E-state index is 0.0953. The van der Waals surface area contributed by atoms with Crippen LogP contribution in [0.5, 0.6) is 5.75 Å². The number of carbonyl (C=O) groups excluding carboxylic acids is 1. The van der Waals surface area contributed by atoms with Crippen LogP contribution in [0.3, 0.4) is 0 Å². The lowest BCUT2D eigenvalue weighted by Crippen LogP contribution is -2.38. The first-order chi connectivity index (χ1) is 13.2. The zero-order valence-corrected chi connectivity index (χ0v) is 15.3. The minimum atomic E-state index is -0.208. The lowest BCUT2D eigenvalue weighted by atomic mass is 9.99. The SMILES string of the molecule is COc1cccc(-c2[nH]ncc2C(=O)N2CCCC[C@H]2c2nc(C)no2)c1. The van der Waals surface area contributed by atoms with Gasteiger partial charge in [-0.25, -0.2) is 0 Å². The van der Waals surface area contributed by atoms with Gasteiger partial charge >= 0.3 is 0 Å². The lowest BCUT2D eigenvalue weighted by molar-refractivity contribution is 0.0562. The number of nitrogens with zero attached hydrogens (tertiary/aromatic N) is 4. The number of aromatic amines is 1. The Hall–Kier alpha value is -3.16. The largest absolute Gasteiger partial charge is 0.497 e. The maximum absolute atomic E-state index is 13.3. The number of nitrogens with one attached hydrogen (secondary N) is 1. The topological polar surface area (TPSA) is 97.1 Å². The van der Waals surface area contributed by atoms with Crippen LogP contribution in [0, 0.1) is 6.92 Å². The standard InChI is InChI=1S/C19H21N5O3/c1-12-21-18(27-23-12)16-8-3-4-9-24(16)19(25)15-11-20-22-17(15)13-6-5-7-14(10-13)26-2/h5-7,10-11,16H,3-4,8-9H2,1-2H3,(H,20,22)/t16-/m0/s1. The number of carbonyl (C=O) groups is 1. The highest BCUT2D eigenvalue weighted by Crippen LogP contribution is 2.33. The van der Waals surface area contributed by atoms with E-state index in [9.17, 15) is 4.79 Å². The number of H-pyrrole nitrogens is 1. The highest BCUT2D eigenvalue weighted by atomic mass is 16.5. The minimum Gasteiger partial charge on any atom is -0.497 e. The lowest BCUT2D eigenvalue weighted by Gasteiger charge is -2.33. The van der Waals surface area contributed by atoms with Crippen LogP contribution < -0.4 is 4.74 Å². The average Bonchev–Trinajstić information content (AvgIpc) is 3.36. The first-order valence-corrected chi connectivity index (χ1v) is 8.96. The molecule has 27 heavy (non-hydrogen) atoms. The fourth-order valence-corrected chi connectivity index (χ4v) is 3.48. The predicted octanol–water partition coefficient (Wildman–Crippen LogP) is 3.14. The molecule has 1 aliphatic rings. The maximum Gasteiger partial charge on any atom is 0.258 e. The number of amides is 1. The van der Waals surface area contributed by atoms with Crippen LogP contribution in [0.25, 0.3) is 11.3 Å². The third-order valence-electron chi connectivity index (χ3n) is 4.82. The van der Waals surface area contributed by atoms with Crippen molar-refractivity contribution in [2.24, 2.45) is 0 Å². The third kappa shape index (κ3) is 3.30. The Morgan fingerprint density at radius 3 is 3.04 bits per heavy atom. The van der Waals surface area contributed by atoms with Gasteiger partial charge in [-0.1, -0.05) is 17.3 Å². The molecule has 1 atom stereocenters. The van der Waals surface area contributed by atoms with E-state index < -0.39 is 0 Å². The van der Waals surface area contributed by atoms with Gasteiger partial charge in [0.15, 0.2) is 5.82 Å². The van der Waals surface area contributed by atoms with Crippen LogP contribution in [0.15, 0.2) is 35.0 Å². The number of hydrogen-bond acceptors (Lipinski definition) is 6. The Morgan fingerprint density at radius 2 is 2.26 bits per heavy atom. The van der Waals surface area contributed by atoms with Crippen LogP contribution in [0.4, 0.5) is 0 Å². The van der Waals surface area contributed by atoms with Crippen molar-refractivity contribution < 1.29 is 14.1 Å². The summed E-state index contributed by atoms with van der Waals surface area (Å²) in [5, 5.41) is 10.9. The molecule has 0 unspecified atom stereocenters. The van der Waals surface area contributed by atoms with Crippen molar-refractivity contribution in [2.45, 2.75) is 32.2 Å². The van der Waals surface area contributed by atoms with Gasteiger partial charge in [0, 0.05) is 12.1 Å². The van der Waals surface area contributed by atoms with Crippen LogP contribution in [-0.4, -0.2) is 44.8 Å². The van der Waals surface area contributed by atoms with Crippen molar-refractivity contribution in [3.05, 3.63) is 47.7 Å². The summed E-state index contributed by atoms with van der Waals surface area (Å²) < 4.78 is 10.6. The summed E-state index contributed by atoms with van der Waals surface area (Å²) in [6, 6.07) is 7.33. The van der Waals surface area contributed by atoms with Crippen molar-refractivity contribution in [3.63, 3.8) is 0 Å². The number of likely N-dealkylation sites (tertiary alicyclic amines) is 1. The van der Waals surface area contributed by atoms with Crippen LogP contribution in [0.1, 0.15) is 47.4 Å². The van der Waals surface area contributed by atoms with Gasteiger partial charge in [0.05, 0.1) is 24.6 Å². The smallest absolute Gasteiger partial charge is 0.258 e. The van der Waals surface area contributed by atoms with Crippen LogP contribution in [-0.2, 0) is 0 Å². The van der Waals surface area contributed by atoms with Crippen LogP contribution in [0.2, 0.25) is 0 Å². The summed E-state index contributed by atoms with van der Waals surface area (Å²) in [4.78, 5) is 19.5. The Balaban J connectivity index is 1.67. The first kappa shape index (κ1) is 17.3. The van der Waals surface area contributed by atoms with E-state index in [1.165, 1.54) is 0 Å². The zero-order chi connectivity index (χ0) is 18.8. The van der Waals surface area contributed by atoms with E-state index in [0.29, 0.717) is 29.5 Å². The van der Waals surface area contributed by atoms with Crippen molar-refractivity contribution >= 4 is 5.91 Å². The van der Waals surface area contributed by atoms with Gasteiger partial charge in [-0.05, 0) is 38.3 Å². The van der Waals surface area contributed by atoms with E-state index in [1.807, 2.05) is 29.2 Å². The van der Waals surface area contributed by atoms with Gasteiger partial charge in [-0.15, -0.1) is 0 Å². The Morgan fingerprint density at radius 1 is 1.37 bits per heavy atom. The van der Waals surface area contributed by atoms with E-state index in [1.54, 1.807) is 20.2 Å². The highest BCUT2D eigenvalue weighted by molar-refractivity contribution is 6.00. The summed E-state index contributed by atoms with van der Waals surface area (Å²) >= 11 is 0. The van der Waals surface area contributed by atoms with Crippen molar-refractivity contribution in [2.75, 3.05) is 13.7 Å². The highest BCUT2D eigenvalue weighted by Gasteiger charge is 2.34. The second kappa shape index (κ2) is 7.22. The maximum atomic E-state index is 13.3. The van der Waals surface area contributed by atoms with E-state index >= 15 is 0 Å². The number of aryl methyl sites for hydroxylation is 1. The van der Waals surface area contributed by atoms with E-state index in [2.05, 4.69) is 20.3 Å². The molecule has 0 radical (unpaired) electrons. The molecule has 1 saturated heterocycles. The molecule has 140 valence electrons. The van der Waals surface area contributed by atoms with Gasteiger partial charge in [0.2, 0.25) is 5.89 Å². The molecule has 1 aromatic carbocycles. The molecule has 0 aliphatic carbocycles. The molecule has 8 nitrogen and oxygen atoms in total. The molecule has 1 N–H and O–H groups in total. The number of ether oxygens (including phenoxy) is 1. The Labute approximate surface area is 156 Å². The normalized spacial score (nSPS) is 17.1. The average molecular weight is 367 g/mol. The molecule has 2 aromatic heterocycles. The molecule has 1 aliphatic heterocycles. The van der Waals surface area contributed by atoms with Gasteiger partial charge < -0.3 is 14.2 Å². The Bertz CT molecular complexity index is 948. The molecule has 0 spiro atoms. The van der Waals surface area contributed by atoms with Gasteiger partial charge in [0.1, 0.15) is 11.8 Å². The second-order valence-electron chi connectivity index (χ2n) is 6.58. The fraction of sp³-hybridized carbons (Fsp3) is 0.368. The third-order valence-corrected chi connectivity index (χ3v) is 4.82. The second-order valence-corrected chi connectivity index (χ2v) is 6.58. The summed E-state index contributed by atoms with van der Waals surface area (Å²) in [6.07, 6.45) is 4.34. The number of piperidine rings is 1. The van der Waals surface area contributed by atoms with Crippen molar-refractivity contribution in [1.29, 1.82) is 0 Å². The molecule has 8 heteroatoms. The summed E-state index contributed by atoms with van der Waals surface area (Å²) in [6.45, 7) is 2.42. The summed E-state index contributed by atoms with van der Waals surface area (Å²) in [7, 11) is 1.61. The monoisotopic (exact) mass is 367 g/mol. The predicted molar refractivity (Wildman–Crippen MR) is 97.2 cm³/mol. The van der Waals surface area contributed by atoms with Crippen LogP contribution >= 0.6 is 0 Å². The molecule has 0 bridgehead atoms. The first-order valence-electron chi connectivity index (χ1n) is 8.96. The quantitative estimate of drug-likeness (QED) is 0.761. The molecule has 4 rings (SSSR count). The summed E-state index contributed by atoms with van der Waals surface area (Å²) in [5.74, 6) is 1.69. The van der Waals surface area contributed by atoms with Crippen molar-refractivity contribution in [3.8, 4) is 17.0 Å². The molecular weight excluding hydrogens is 346 g/mol. The molecule has 1 amide bonds. The molecular formula is C19H21N5O3. The van der Waals surface area contributed by atoms with E-state index in [-0.39, 0.29) is 11.9 Å². The summed E-state index contributed by atoms with van der Waals surface area (Å²) in [5.41, 5.74) is 2.04. The van der Waals surface area contributed by atoms with Gasteiger partial charge in [-0.2, -0.15) is 10.1 Å². The molecule has 1 fully saturated rings. The zero-order valence-electron chi connectivity index (χ0n) is 15.3. The molecule has 0 saturated carbocycles. The van der Waals surface area contributed by atoms with E-state index in [0.717, 1.165) is 30.6 Å². The number of hydrogen-bond donors (Lipinski definition) is 1. The van der Waals surface area contributed by atoms with Gasteiger partial charge in [0.25, 0.3) is 5.91 Å². The van der Waals surface area contributed by atoms with Crippen molar-refractivity contribution in [1.82, 2.24) is 25.2 Å². The number of aromatic nitrogens is 4. The fourth-order valence-electron chi connectivity index (χ4n) is 3.48. The number of benzene rings is 1. The number of rotatable bonds is 4. The molecule has 3 aromatic rings. The Kier molecular flexibility index (Phi) is 4.62. The molecule has 3 heterocycles. The van der Waals surface area contributed by atoms with E-state index in [4.69, 9.17) is 9.26 Å².